The Balaban J connectivity index is 3.34. The van der Waals surface area contributed by atoms with E-state index in [9.17, 15) is 4.39 Å². The summed E-state index contributed by atoms with van der Waals surface area (Å²) < 4.78 is 13.3. The SMILES string of the molecule is Nc1ncc(Br)c(F)c1Br. The summed E-state index contributed by atoms with van der Waals surface area (Å²) in [6.45, 7) is 0. The van der Waals surface area contributed by atoms with E-state index in [0.29, 0.717) is 4.47 Å². The second-order valence-electron chi connectivity index (χ2n) is 1.62. The predicted octanol–water partition coefficient (Wildman–Crippen LogP) is 2.33. The zero-order valence-electron chi connectivity index (χ0n) is 4.74. The van der Waals surface area contributed by atoms with E-state index in [1.807, 2.05) is 0 Å². The van der Waals surface area contributed by atoms with E-state index in [1.54, 1.807) is 0 Å². The van der Waals surface area contributed by atoms with Crippen LogP contribution in [0.5, 0.6) is 0 Å². The number of aromatic nitrogens is 1. The summed E-state index contributed by atoms with van der Waals surface area (Å²) in [6.07, 6.45) is 1.31. The third-order valence-electron chi connectivity index (χ3n) is 0.944. The lowest BCUT2D eigenvalue weighted by molar-refractivity contribution is 0.612. The molecule has 0 aliphatic heterocycles. The standard InChI is InChI=1S/C5H3Br2FN2/c6-2-1-10-5(9)3(7)4(2)8/h1H,(H2,9,10). The molecule has 0 atom stereocenters. The summed E-state index contributed by atoms with van der Waals surface area (Å²) in [5.41, 5.74) is 5.27. The van der Waals surface area contributed by atoms with Crippen LogP contribution in [-0.4, -0.2) is 4.98 Å². The van der Waals surface area contributed by atoms with Gasteiger partial charge in [0.1, 0.15) is 5.82 Å². The summed E-state index contributed by atoms with van der Waals surface area (Å²) in [5.74, 6) is -0.270. The van der Waals surface area contributed by atoms with Gasteiger partial charge in [-0.2, -0.15) is 0 Å². The van der Waals surface area contributed by atoms with Crippen LogP contribution in [0.2, 0.25) is 0 Å². The average Bonchev–Trinajstić information content (AvgIpc) is 1.93. The molecule has 5 heteroatoms. The molecule has 0 aliphatic rings. The molecular weight excluding hydrogens is 267 g/mol. The van der Waals surface area contributed by atoms with Crippen LogP contribution in [0.1, 0.15) is 0 Å². The molecule has 0 spiro atoms. The van der Waals surface area contributed by atoms with E-state index in [2.05, 4.69) is 36.8 Å². The number of rotatable bonds is 0. The minimum Gasteiger partial charge on any atom is -0.383 e. The number of nitrogens with two attached hydrogens (primary N) is 1. The van der Waals surface area contributed by atoms with E-state index in [0.717, 1.165) is 0 Å². The summed E-state index contributed by atoms with van der Waals surface area (Å²) in [7, 11) is 0. The minimum atomic E-state index is -0.424. The fourth-order valence-corrected chi connectivity index (χ4v) is 1.34. The molecule has 0 saturated carbocycles. The molecule has 0 saturated heterocycles. The van der Waals surface area contributed by atoms with Crippen LogP contribution in [0.25, 0.3) is 0 Å². The number of anilines is 1. The normalized spacial score (nSPS) is 9.90. The van der Waals surface area contributed by atoms with Gasteiger partial charge in [0, 0.05) is 6.20 Å². The highest BCUT2D eigenvalue weighted by Gasteiger charge is 2.07. The zero-order chi connectivity index (χ0) is 7.72. The molecule has 0 bridgehead atoms. The predicted molar refractivity (Wildman–Crippen MR) is 44.0 cm³/mol. The largest absolute Gasteiger partial charge is 0.383 e. The van der Waals surface area contributed by atoms with Gasteiger partial charge in [-0.15, -0.1) is 0 Å². The first kappa shape index (κ1) is 7.94. The Kier molecular flexibility index (Phi) is 2.25. The third-order valence-corrected chi connectivity index (χ3v) is 2.25. The van der Waals surface area contributed by atoms with Gasteiger partial charge in [0.05, 0.1) is 8.95 Å². The molecule has 0 amide bonds. The molecule has 0 aliphatic carbocycles. The van der Waals surface area contributed by atoms with Crippen molar-refractivity contribution in [2.75, 3.05) is 5.73 Å². The molecule has 10 heavy (non-hydrogen) atoms. The molecule has 1 heterocycles. The maximum atomic E-state index is 12.8. The number of halogens is 3. The lowest BCUT2D eigenvalue weighted by Crippen LogP contribution is -1.93. The van der Waals surface area contributed by atoms with Crippen LogP contribution < -0.4 is 5.73 Å². The van der Waals surface area contributed by atoms with Gasteiger partial charge in [0.2, 0.25) is 0 Å². The number of nitrogens with zero attached hydrogens (tertiary/aromatic N) is 1. The van der Waals surface area contributed by atoms with Gasteiger partial charge in [-0.05, 0) is 31.9 Å². The van der Waals surface area contributed by atoms with Crippen molar-refractivity contribution in [3.63, 3.8) is 0 Å². The fraction of sp³-hybridized carbons (Fsp3) is 0. The smallest absolute Gasteiger partial charge is 0.156 e. The Morgan fingerprint density at radius 3 is 2.60 bits per heavy atom. The molecule has 54 valence electrons. The quantitative estimate of drug-likeness (QED) is 0.785. The Hall–Kier alpha value is -0.160. The second-order valence-corrected chi connectivity index (χ2v) is 3.27. The Labute approximate surface area is 73.9 Å². The van der Waals surface area contributed by atoms with Crippen molar-refractivity contribution < 1.29 is 4.39 Å². The van der Waals surface area contributed by atoms with Gasteiger partial charge in [0.15, 0.2) is 5.82 Å². The summed E-state index contributed by atoms with van der Waals surface area (Å²) in [5, 5.41) is 0. The number of hydrogen-bond donors (Lipinski definition) is 1. The van der Waals surface area contributed by atoms with E-state index in [-0.39, 0.29) is 10.3 Å². The first-order valence-electron chi connectivity index (χ1n) is 2.38. The Morgan fingerprint density at radius 2 is 2.10 bits per heavy atom. The summed E-state index contributed by atoms with van der Waals surface area (Å²) >= 11 is 5.89. The second kappa shape index (κ2) is 2.84. The summed E-state index contributed by atoms with van der Waals surface area (Å²) in [6, 6.07) is 0. The van der Waals surface area contributed by atoms with Crippen molar-refractivity contribution in [3.05, 3.63) is 21.0 Å². The van der Waals surface area contributed by atoms with Crippen molar-refractivity contribution in [1.82, 2.24) is 4.98 Å². The molecule has 0 fully saturated rings. The molecule has 2 nitrogen and oxygen atoms in total. The zero-order valence-corrected chi connectivity index (χ0v) is 7.91. The van der Waals surface area contributed by atoms with Gasteiger partial charge >= 0.3 is 0 Å². The molecule has 0 aromatic carbocycles. The van der Waals surface area contributed by atoms with Crippen LogP contribution in [-0.2, 0) is 0 Å². The van der Waals surface area contributed by atoms with Crippen molar-refractivity contribution in [2.45, 2.75) is 0 Å². The highest BCUT2D eigenvalue weighted by molar-refractivity contribution is 9.11. The van der Waals surface area contributed by atoms with E-state index < -0.39 is 5.82 Å². The number of nitrogen functional groups attached to an aromatic ring is 1. The van der Waals surface area contributed by atoms with Gasteiger partial charge in [-0.25, -0.2) is 9.37 Å². The number of hydrogen-bond acceptors (Lipinski definition) is 2. The number of pyridine rings is 1. The molecule has 0 unspecified atom stereocenters. The van der Waals surface area contributed by atoms with Gasteiger partial charge < -0.3 is 5.73 Å². The molecule has 0 radical (unpaired) electrons. The van der Waals surface area contributed by atoms with Gasteiger partial charge in [-0.1, -0.05) is 0 Å². The molecule has 2 N–H and O–H groups in total. The fourth-order valence-electron chi connectivity index (χ4n) is 0.457. The first-order valence-corrected chi connectivity index (χ1v) is 3.96. The van der Waals surface area contributed by atoms with Crippen molar-refractivity contribution in [2.24, 2.45) is 0 Å². The monoisotopic (exact) mass is 268 g/mol. The molecule has 1 rings (SSSR count). The highest BCUT2D eigenvalue weighted by atomic mass is 79.9. The summed E-state index contributed by atoms with van der Waals surface area (Å²) in [4.78, 5) is 3.68. The molecular formula is C5H3Br2FN2. The maximum Gasteiger partial charge on any atom is 0.156 e. The van der Waals surface area contributed by atoms with E-state index >= 15 is 0 Å². The molecule has 1 aromatic heterocycles. The minimum absolute atomic E-state index is 0.153. The lowest BCUT2D eigenvalue weighted by atomic mass is 10.4. The van der Waals surface area contributed by atoms with Crippen molar-refractivity contribution >= 4 is 37.7 Å². The highest BCUT2D eigenvalue weighted by Crippen LogP contribution is 2.26. The Morgan fingerprint density at radius 1 is 1.50 bits per heavy atom. The van der Waals surface area contributed by atoms with Gasteiger partial charge in [-0.3, -0.25) is 0 Å². The van der Waals surface area contributed by atoms with Gasteiger partial charge in [0.25, 0.3) is 0 Å². The topological polar surface area (TPSA) is 38.9 Å². The van der Waals surface area contributed by atoms with Crippen LogP contribution >= 0.6 is 31.9 Å². The van der Waals surface area contributed by atoms with Crippen molar-refractivity contribution in [1.29, 1.82) is 0 Å². The maximum absolute atomic E-state index is 12.8. The molecule has 1 aromatic rings. The van der Waals surface area contributed by atoms with Crippen LogP contribution in [0.15, 0.2) is 15.1 Å². The van der Waals surface area contributed by atoms with Crippen LogP contribution in [0.3, 0.4) is 0 Å². The van der Waals surface area contributed by atoms with Crippen LogP contribution in [0.4, 0.5) is 10.2 Å². The van der Waals surface area contributed by atoms with Crippen LogP contribution in [0, 0.1) is 5.82 Å². The van der Waals surface area contributed by atoms with Crippen molar-refractivity contribution in [3.8, 4) is 0 Å². The lowest BCUT2D eigenvalue weighted by Gasteiger charge is -1.98. The van der Waals surface area contributed by atoms with E-state index in [4.69, 9.17) is 5.73 Å². The Bertz CT molecular complexity index is 237. The average molecular weight is 270 g/mol. The third kappa shape index (κ3) is 1.29. The van der Waals surface area contributed by atoms with E-state index in [1.165, 1.54) is 6.20 Å². The first-order chi connectivity index (χ1) is 4.63.